The van der Waals surface area contributed by atoms with Gasteiger partial charge in [0, 0.05) is 11.6 Å². The van der Waals surface area contributed by atoms with Crippen molar-refractivity contribution in [3.05, 3.63) is 59.4 Å². The Bertz CT molecular complexity index is 546. The van der Waals surface area contributed by atoms with E-state index in [1.807, 2.05) is 32.2 Å². The molecule has 100 valence electrons. The summed E-state index contributed by atoms with van der Waals surface area (Å²) in [5.41, 5.74) is 3.94. The van der Waals surface area contributed by atoms with Crippen molar-refractivity contribution in [3.8, 4) is 11.1 Å². The Balaban J connectivity index is 2.25. The fraction of sp³-hybridized carbons (Fsp3) is 0.294. The molecule has 2 aromatic rings. The lowest BCUT2D eigenvalue weighted by Gasteiger charge is -2.11. The summed E-state index contributed by atoms with van der Waals surface area (Å²) in [6.07, 6.45) is 0.979. The van der Waals surface area contributed by atoms with Crippen LogP contribution in [0.2, 0.25) is 0 Å². The molecule has 0 aliphatic heterocycles. The van der Waals surface area contributed by atoms with Gasteiger partial charge in [0.15, 0.2) is 0 Å². The molecule has 0 radical (unpaired) electrons. The van der Waals surface area contributed by atoms with Crippen molar-refractivity contribution >= 4 is 0 Å². The van der Waals surface area contributed by atoms with Crippen LogP contribution in [0.4, 0.5) is 4.39 Å². The van der Waals surface area contributed by atoms with Gasteiger partial charge in [-0.05, 0) is 50.6 Å². The van der Waals surface area contributed by atoms with Crippen LogP contribution in [0.15, 0.2) is 42.5 Å². The highest BCUT2D eigenvalue weighted by atomic mass is 19.1. The van der Waals surface area contributed by atoms with Crippen LogP contribution in [0.5, 0.6) is 0 Å². The van der Waals surface area contributed by atoms with Gasteiger partial charge in [0.2, 0.25) is 0 Å². The predicted octanol–water partition coefficient (Wildman–Crippen LogP) is 3.95. The first kappa shape index (κ1) is 13.8. The summed E-state index contributed by atoms with van der Waals surface area (Å²) < 4.78 is 13.8. The van der Waals surface area contributed by atoms with E-state index in [0.29, 0.717) is 11.6 Å². The Kier molecular flexibility index (Phi) is 4.33. The molecule has 0 amide bonds. The van der Waals surface area contributed by atoms with Gasteiger partial charge < -0.3 is 5.32 Å². The van der Waals surface area contributed by atoms with Crippen LogP contribution in [0.3, 0.4) is 0 Å². The van der Waals surface area contributed by atoms with Gasteiger partial charge in [-0.25, -0.2) is 4.39 Å². The second kappa shape index (κ2) is 5.98. The van der Waals surface area contributed by atoms with E-state index in [9.17, 15) is 4.39 Å². The number of hydrogen-bond acceptors (Lipinski definition) is 1. The zero-order chi connectivity index (χ0) is 13.8. The summed E-state index contributed by atoms with van der Waals surface area (Å²) in [6.45, 7) is 4.13. The molecule has 0 spiro atoms. The zero-order valence-corrected chi connectivity index (χ0v) is 11.7. The zero-order valence-electron chi connectivity index (χ0n) is 11.7. The molecule has 0 aliphatic carbocycles. The Hall–Kier alpha value is -1.67. The van der Waals surface area contributed by atoms with Gasteiger partial charge in [-0.2, -0.15) is 0 Å². The molecule has 0 fully saturated rings. The molecule has 0 aromatic heterocycles. The van der Waals surface area contributed by atoms with Gasteiger partial charge >= 0.3 is 0 Å². The molecule has 2 rings (SSSR count). The van der Waals surface area contributed by atoms with Crippen LogP contribution in [0, 0.1) is 12.7 Å². The second-order valence-electron chi connectivity index (χ2n) is 5.07. The van der Waals surface area contributed by atoms with E-state index in [2.05, 4.69) is 24.4 Å². The van der Waals surface area contributed by atoms with Crippen LogP contribution in [-0.2, 0) is 6.42 Å². The van der Waals surface area contributed by atoms with Crippen molar-refractivity contribution in [2.24, 2.45) is 0 Å². The maximum atomic E-state index is 13.8. The maximum absolute atomic E-state index is 13.8. The highest BCUT2D eigenvalue weighted by Gasteiger charge is 2.06. The summed E-state index contributed by atoms with van der Waals surface area (Å²) in [4.78, 5) is 0. The third kappa shape index (κ3) is 3.42. The fourth-order valence-electron chi connectivity index (χ4n) is 2.14. The molecule has 19 heavy (non-hydrogen) atoms. The average Bonchev–Trinajstić information content (AvgIpc) is 2.42. The van der Waals surface area contributed by atoms with Crippen LogP contribution in [0.1, 0.15) is 18.1 Å². The lowest BCUT2D eigenvalue weighted by Crippen LogP contribution is -2.23. The topological polar surface area (TPSA) is 12.0 Å². The standard InChI is InChI=1S/C17H20FN/c1-12-4-9-17(18)16(10-12)15-7-5-14(6-8-15)11-13(2)19-3/h4-10,13,19H,11H2,1-3H3. The minimum Gasteiger partial charge on any atom is -0.317 e. The summed E-state index contributed by atoms with van der Waals surface area (Å²) in [5, 5.41) is 3.22. The van der Waals surface area contributed by atoms with Crippen LogP contribution < -0.4 is 5.32 Å². The molecular formula is C17H20FN. The van der Waals surface area contributed by atoms with Gasteiger partial charge in [-0.1, -0.05) is 35.9 Å². The van der Waals surface area contributed by atoms with Gasteiger partial charge in [0.05, 0.1) is 0 Å². The predicted molar refractivity (Wildman–Crippen MR) is 78.8 cm³/mol. The lowest BCUT2D eigenvalue weighted by atomic mass is 9.99. The van der Waals surface area contributed by atoms with Crippen LogP contribution >= 0.6 is 0 Å². The molecule has 2 heteroatoms. The number of rotatable bonds is 4. The third-order valence-corrected chi connectivity index (χ3v) is 3.42. The molecule has 1 unspecified atom stereocenters. The summed E-state index contributed by atoms with van der Waals surface area (Å²) >= 11 is 0. The first-order chi connectivity index (χ1) is 9.10. The highest BCUT2D eigenvalue weighted by molar-refractivity contribution is 5.65. The van der Waals surface area contributed by atoms with E-state index in [-0.39, 0.29) is 5.82 Å². The van der Waals surface area contributed by atoms with Crippen molar-refractivity contribution in [2.45, 2.75) is 26.3 Å². The van der Waals surface area contributed by atoms with Gasteiger partial charge in [-0.3, -0.25) is 0 Å². The SMILES string of the molecule is CNC(C)Cc1ccc(-c2cc(C)ccc2F)cc1. The first-order valence-electron chi connectivity index (χ1n) is 6.63. The largest absolute Gasteiger partial charge is 0.317 e. The van der Waals surface area contributed by atoms with Crippen molar-refractivity contribution in [2.75, 3.05) is 7.05 Å². The van der Waals surface area contributed by atoms with E-state index >= 15 is 0 Å². The smallest absolute Gasteiger partial charge is 0.131 e. The number of halogens is 1. The highest BCUT2D eigenvalue weighted by Crippen LogP contribution is 2.24. The molecule has 1 atom stereocenters. The number of likely N-dealkylation sites (N-methyl/N-ethyl adjacent to an activating group) is 1. The minimum atomic E-state index is -0.165. The molecule has 0 bridgehead atoms. The first-order valence-corrected chi connectivity index (χ1v) is 6.63. The second-order valence-corrected chi connectivity index (χ2v) is 5.07. The molecule has 1 N–H and O–H groups in total. The molecule has 0 saturated heterocycles. The van der Waals surface area contributed by atoms with Gasteiger partial charge in [0.1, 0.15) is 5.82 Å². The third-order valence-electron chi connectivity index (χ3n) is 3.42. The number of hydrogen-bond donors (Lipinski definition) is 1. The van der Waals surface area contributed by atoms with E-state index in [4.69, 9.17) is 0 Å². The quantitative estimate of drug-likeness (QED) is 0.874. The Morgan fingerprint density at radius 3 is 2.42 bits per heavy atom. The molecule has 2 aromatic carbocycles. The lowest BCUT2D eigenvalue weighted by molar-refractivity contribution is 0.608. The van der Waals surface area contributed by atoms with Crippen molar-refractivity contribution in [3.63, 3.8) is 0 Å². The summed E-state index contributed by atoms with van der Waals surface area (Å²) in [5.74, 6) is -0.165. The van der Waals surface area contributed by atoms with E-state index in [1.54, 1.807) is 6.07 Å². The van der Waals surface area contributed by atoms with E-state index in [0.717, 1.165) is 17.5 Å². The van der Waals surface area contributed by atoms with Crippen molar-refractivity contribution < 1.29 is 4.39 Å². The summed E-state index contributed by atoms with van der Waals surface area (Å²) in [6, 6.07) is 13.8. The average molecular weight is 257 g/mol. The van der Waals surface area contributed by atoms with Gasteiger partial charge in [-0.15, -0.1) is 0 Å². The van der Waals surface area contributed by atoms with Crippen molar-refractivity contribution in [1.82, 2.24) is 5.32 Å². The minimum absolute atomic E-state index is 0.165. The van der Waals surface area contributed by atoms with Crippen LogP contribution in [-0.4, -0.2) is 13.1 Å². The monoisotopic (exact) mass is 257 g/mol. The Morgan fingerprint density at radius 2 is 1.79 bits per heavy atom. The number of benzene rings is 2. The number of nitrogens with one attached hydrogen (secondary N) is 1. The van der Waals surface area contributed by atoms with E-state index < -0.39 is 0 Å². The summed E-state index contributed by atoms with van der Waals surface area (Å²) in [7, 11) is 1.96. The molecule has 0 heterocycles. The number of aryl methyl sites for hydroxylation is 1. The molecule has 0 aliphatic rings. The maximum Gasteiger partial charge on any atom is 0.131 e. The normalized spacial score (nSPS) is 12.4. The fourth-order valence-corrected chi connectivity index (χ4v) is 2.14. The Labute approximate surface area is 114 Å². The van der Waals surface area contributed by atoms with Crippen LogP contribution in [0.25, 0.3) is 11.1 Å². The van der Waals surface area contributed by atoms with Gasteiger partial charge in [0.25, 0.3) is 0 Å². The van der Waals surface area contributed by atoms with E-state index in [1.165, 1.54) is 11.6 Å². The van der Waals surface area contributed by atoms with Crippen molar-refractivity contribution in [1.29, 1.82) is 0 Å². The molecular weight excluding hydrogens is 237 g/mol. The Morgan fingerprint density at radius 1 is 1.11 bits per heavy atom. The molecule has 1 nitrogen and oxygen atoms in total. The molecule has 0 saturated carbocycles.